The van der Waals surface area contributed by atoms with E-state index in [0.29, 0.717) is 5.56 Å². The molecule has 19 heavy (non-hydrogen) atoms. The number of benzene rings is 1. The lowest BCUT2D eigenvalue weighted by atomic mass is 10.2. The van der Waals surface area contributed by atoms with Crippen LogP contribution in [0.3, 0.4) is 0 Å². The molecule has 0 radical (unpaired) electrons. The normalized spacial score (nSPS) is 13.4. The van der Waals surface area contributed by atoms with Gasteiger partial charge < -0.3 is 5.11 Å². The summed E-state index contributed by atoms with van der Waals surface area (Å²) in [6.45, 7) is 3.79. The maximum atomic E-state index is 12.1. The maximum absolute atomic E-state index is 12.1. The number of nitrogens with one attached hydrogen (secondary N) is 1. The van der Waals surface area contributed by atoms with E-state index in [4.69, 9.17) is 5.11 Å². The first-order chi connectivity index (χ1) is 8.99. The van der Waals surface area contributed by atoms with Crippen LogP contribution in [0.1, 0.15) is 25.8 Å². The molecule has 0 aliphatic carbocycles. The predicted octanol–water partition coefficient (Wildman–Crippen LogP) is 1.99. The third-order valence-corrected chi connectivity index (χ3v) is 5.17. The van der Waals surface area contributed by atoms with Crippen LogP contribution in [0.15, 0.2) is 29.2 Å². The molecule has 6 heteroatoms. The van der Waals surface area contributed by atoms with Crippen LogP contribution < -0.4 is 4.72 Å². The predicted molar refractivity (Wildman–Crippen MR) is 79.8 cm³/mol. The van der Waals surface area contributed by atoms with E-state index >= 15 is 0 Å². The van der Waals surface area contributed by atoms with Crippen molar-refractivity contribution in [3.8, 4) is 0 Å². The fraction of sp³-hybridized carbons (Fsp3) is 0.538. The van der Waals surface area contributed by atoms with Crippen molar-refractivity contribution in [3.05, 3.63) is 29.8 Å². The van der Waals surface area contributed by atoms with Gasteiger partial charge in [-0.3, -0.25) is 0 Å². The second-order valence-corrected chi connectivity index (χ2v) is 7.42. The average Bonchev–Trinajstić information content (AvgIpc) is 2.38. The minimum atomic E-state index is -3.50. The lowest BCUT2D eigenvalue weighted by Crippen LogP contribution is -2.33. The Hall–Kier alpha value is -0.560. The van der Waals surface area contributed by atoms with Gasteiger partial charge in [0.15, 0.2) is 0 Å². The van der Waals surface area contributed by atoms with Crippen LogP contribution in [0.2, 0.25) is 0 Å². The molecule has 0 amide bonds. The van der Waals surface area contributed by atoms with Crippen molar-refractivity contribution in [2.24, 2.45) is 0 Å². The van der Waals surface area contributed by atoms with Crippen LogP contribution in [-0.2, 0) is 16.6 Å². The molecule has 0 heterocycles. The second kappa shape index (κ2) is 7.89. The summed E-state index contributed by atoms with van der Waals surface area (Å²) in [6.07, 6.45) is 0.803. The zero-order valence-electron chi connectivity index (χ0n) is 11.3. The van der Waals surface area contributed by atoms with Crippen molar-refractivity contribution < 1.29 is 13.5 Å². The van der Waals surface area contributed by atoms with Crippen LogP contribution in [0, 0.1) is 0 Å². The molecule has 0 saturated carbocycles. The van der Waals surface area contributed by atoms with Crippen molar-refractivity contribution in [3.63, 3.8) is 0 Å². The van der Waals surface area contributed by atoms with Crippen molar-refractivity contribution >= 4 is 21.8 Å². The standard InChI is InChI=1S/C13H21NO3S2/c1-3-18-8-7-11(2)14-19(16,17)13-6-4-5-12(9-13)10-15/h4-6,9,11,14-15H,3,7-8,10H2,1-2H3. The van der Waals surface area contributed by atoms with Crippen molar-refractivity contribution in [1.82, 2.24) is 4.72 Å². The highest BCUT2D eigenvalue weighted by Crippen LogP contribution is 2.13. The molecule has 1 aromatic carbocycles. The lowest BCUT2D eigenvalue weighted by molar-refractivity contribution is 0.281. The molecule has 0 spiro atoms. The molecule has 1 atom stereocenters. The van der Waals surface area contributed by atoms with E-state index in [9.17, 15) is 8.42 Å². The molecule has 0 saturated heterocycles. The molecule has 1 unspecified atom stereocenters. The zero-order valence-corrected chi connectivity index (χ0v) is 12.9. The number of hydrogen-bond donors (Lipinski definition) is 2. The first-order valence-electron chi connectivity index (χ1n) is 6.29. The summed E-state index contributed by atoms with van der Waals surface area (Å²) in [6, 6.07) is 6.27. The maximum Gasteiger partial charge on any atom is 0.240 e. The molecule has 108 valence electrons. The van der Waals surface area contributed by atoms with Gasteiger partial charge in [0.05, 0.1) is 11.5 Å². The molecular weight excluding hydrogens is 282 g/mol. The summed E-state index contributed by atoms with van der Waals surface area (Å²) >= 11 is 1.80. The number of rotatable bonds is 8. The lowest BCUT2D eigenvalue weighted by Gasteiger charge is -2.14. The summed E-state index contributed by atoms with van der Waals surface area (Å²) < 4.78 is 26.9. The first kappa shape index (κ1) is 16.5. The number of aliphatic hydroxyl groups excluding tert-OH is 1. The third kappa shape index (κ3) is 5.52. The minimum Gasteiger partial charge on any atom is -0.392 e. The van der Waals surface area contributed by atoms with Crippen LogP contribution >= 0.6 is 11.8 Å². The molecule has 1 aromatic rings. The van der Waals surface area contributed by atoms with Crippen LogP contribution in [-0.4, -0.2) is 31.1 Å². The Morgan fingerprint density at radius 3 is 2.79 bits per heavy atom. The quantitative estimate of drug-likeness (QED) is 0.721. The highest BCUT2D eigenvalue weighted by atomic mass is 32.2. The molecule has 0 fully saturated rings. The highest BCUT2D eigenvalue weighted by Gasteiger charge is 2.17. The smallest absolute Gasteiger partial charge is 0.240 e. The van der Waals surface area contributed by atoms with E-state index in [0.717, 1.165) is 17.9 Å². The topological polar surface area (TPSA) is 66.4 Å². The van der Waals surface area contributed by atoms with Crippen molar-refractivity contribution in [1.29, 1.82) is 0 Å². The van der Waals surface area contributed by atoms with Gasteiger partial charge >= 0.3 is 0 Å². The Morgan fingerprint density at radius 1 is 1.42 bits per heavy atom. The van der Waals surface area contributed by atoms with Crippen LogP contribution in [0.5, 0.6) is 0 Å². The molecule has 4 nitrogen and oxygen atoms in total. The van der Waals surface area contributed by atoms with E-state index in [2.05, 4.69) is 11.6 Å². The van der Waals surface area contributed by atoms with Gasteiger partial charge in [0, 0.05) is 6.04 Å². The van der Waals surface area contributed by atoms with E-state index < -0.39 is 10.0 Å². The Kier molecular flexibility index (Phi) is 6.85. The monoisotopic (exact) mass is 303 g/mol. The van der Waals surface area contributed by atoms with E-state index in [-0.39, 0.29) is 17.5 Å². The Balaban J connectivity index is 2.69. The average molecular weight is 303 g/mol. The largest absolute Gasteiger partial charge is 0.392 e. The molecule has 0 aromatic heterocycles. The van der Waals surface area contributed by atoms with Crippen LogP contribution in [0.25, 0.3) is 0 Å². The van der Waals surface area contributed by atoms with Gasteiger partial charge in [-0.05, 0) is 42.5 Å². The number of sulfonamides is 1. The fourth-order valence-electron chi connectivity index (χ4n) is 1.61. The molecule has 0 aliphatic heterocycles. The third-order valence-electron chi connectivity index (χ3n) is 2.65. The minimum absolute atomic E-state index is 0.0955. The highest BCUT2D eigenvalue weighted by molar-refractivity contribution is 7.99. The molecule has 1 rings (SSSR count). The fourth-order valence-corrected chi connectivity index (χ4v) is 3.76. The number of aliphatic hydroxyl groups is 1. The van der Waals surface area contributed by atoms with Crippen LogP contribution in [0.4, 0.5) is 0 Å². The summed E-state index contributed by atoms with van der Waals surface area (Å²) in [7, 11) is -3.50. The van der Waals surface area contributed by atoms with Crippen molar-refractivity contribution in [2.45, 2.75) is 37.8 Å². The number of thioether (sulfide) groups is 1. The number of hydrogen-bond acceptors (Lipinski definition) is 4. The van der Waals surface area contributed by atoms with Gasteiger partial charge in [-0.25, -0.2) is 13.1 Å². The van der Waals surface area contributed by atoms with E-state index in [1.807, 2.05) is 6.92 Å². The van der Waals surface area contributed by atoms with Gasteiger partial charge in [0.1, 0.15) is 0 Å². The molecule has 0 bridgehead atoms. The van der Waals surface area contributed by atoms with Crippen molar-refractivity contribution in [2.75, 3.05) is 11.5 Å². The van der Waals surface area contributed by atoms with Gasteiger partial charge in [-0.2, -0.15) is 11.8 Å². The van der Waals surface area contributed by atoms with Gasteiger partial charge in [-0.1, -0.05) is 19.1 Å². The first-order valence-corrected chi connectivity index (χ1v) is 8.93. The zero-order chi connectivity index (χ0) is 14.3. The van der Waals surface area contributed by atoms with Gasteiger partial charge in [0.2, 0.25) is 10.0 Å². The Labute approximate surface area is 119 Å². The molecular formula is C13H21NO3S2. The van der Waals surface area contributed by atoms with E-state index in [1.165, 1.54) is 12.1 Å². The Bertz CT molecular complexity index is 488. The molecule has 2 N–H and O–H groups in total. The summed E-state index contributed by atoms with van der Waals surface area (Å²) in [5.74, 6) is 1.98. The van der Waals surface area contributed by atoms with Gasteiger partial charge in [0.25, 0.3) is 0 Å². The van der Waals surface area contributed by atoms with Gasteiger partial charge in [-0.15, -0.1) is 0 Å². The van der Waals surface area contributed by atoms with E-state index in [1.54, 1.807) is 23.9 Å². The Morgan fingerprint density at radius 2 is 2.16 bits per heavy atom. The summed E-state index contributed by atoms with van der Waals surface area (Å²) in [4.78, 5) is 0.203. The second-order valence-electron chi connectivity index (χ2n) is 4.31. The SMILES string of the molecule is CCSCCC(C)NS(=O)(=O)c1cccc(CO)c1. The summed E-state index contributed by atoms with van der Waals surface area (Å²) in [5, 5.41) is 9.03. The molecule has 0 aliphatic rings. The summed E-state index contributed by atoms with van der Waals surface area (Å²) in [5.41, 5.74) is 0.595.